The first-order chi connectivity index (χ1) is 7.97. The number of piperazine rings is 1. The predicted octanol–water partition coefficient (Wildman–Crippen LogP) is 2.78. The van der Waals surface area contributed by atoms with Gasteiger partial charge in [-0.2, -0.15) is 0 Å². The molecular weight excluding hydrogens is 208 g/mol. The van der Waals surface area contributed by atoms with Crippen molar-refractivity contribution in [3.8, 4) is 0 Å². The van der Waals surface area contributed by atoms with Crippen molar-refractivity contribution < 1.29 is 0 Å². The smallest absolute Gasteiger partial charge is 0.0367 e. The molecule has 0 amide bonds. The molecule has 0 spiro atoms. The monoisotopic (exact) mass is 232 g/mol. The third-order valence-electron chi connectivity index (χ3n) is 3.47. The van der Waals surface area contributed by atoms with Crippen molar-refractivity contribution in [3.63, 3.8) is 0 Å². The molecule has 2 nitrogen and oxygen atoms in total. The topological polar surface area (TPSA) is 15.3 Å². The Morgan fingerprint density at radius 1 is 1.18 bits per heavy atom. The Balaban J connectivity index is 2.12. The van der Waals surface area contributed by atoms with E-state index in [2.05, 4.69) is 62.2 Å². The van der Waals surface area contributed by atoms with Crippen LogP contribution in [0.15, 0.2) is 24.3 Å². The zero-order chi connectivity index (χ0) is 12.5. The van der Waals surface area contributed by atoms with Crippen LogP contribution in [0, 0.1) is 0 Å². The highest BCUT2D eigenvalue weighted by Gasteiger charge is 2.17. The molecule has 1 atom stereocenters. The van der Waals surface area contributed by atoms with E-state index in [1.807, 2.05) is 0 Å². The van der Waals surface area contributed by atoms with Crippen LogP contribution in [0.3, 0.4) is 0 Å². The summed E-state index contributed by atoms with van der Waals surface area (Å²) in [5.41, 5.74) is 3.01. The number of hydrogen-bond donors (Lipinski definition) is 1. The van der Waals surface area contributed by atoms with E-state index < -0.39 is 0 Å². The summed E-state index contributed by atoms with van der Waals surface area (Å²) in [4.78, 5) is 2.47. The zero-order valence-electron chi connectivity index (χ0n) is 11.5. The minimum absolute atomic E-state index is 0.245. The molecule has 1 N–H and O–H groups in total. The van der Waals surface area contributed by atoms with Crippen molar-refractivity contribution >= 4 is 5.69 Å². The van der Waals surface area contributed by atoms with E-state index in [1.165, 1.54) is 11.3 Å². The van der Waals surface area contributed by atoms with E-state index in [0.717, 1.165) is 19.6 Å². The van der Waals surface area contributed by atoms with E-state index in [-0.39, 0.29) is 5.41 Å². The SMILES string of the molecule is C[C@H]1CN(c2ccc(C(C)(C)C)cc2)CCN1. The summed E-state index contributed by atoms with van der Waals surface area (Å²) in [7, 11) is 0. The van der Waals surface area contributed by atoms with Crippen LogP contribution in [0.2, 0.25) is 0 Å². The molecule has 0 radical (unpaired) electrons. The second-order valence-electron chi connectivity index (χ2n) is 6.10. The van der Waals surface area contributed by atoms with Crippen LogP contribution in [0.25, 0.3) is 0 Å². The number of benzene rings is 1. The lowest BCUT2D eigenvalue weighted by Crippen LogP contribution is -2.49. The molecule has 1 aromatic rings. The Hall–Kier alpha value is -1.02. The molecule has 2 rings (SSSR count). The molecule has 0 bridgehead atoms. The predicted molar refractivity (Wildman–Crippen MR) is 74.8 cm³/mol. The van der Waals surface area contributed by atoms with Gasteiger partial charge in [0.05, 0.1) is 0 Å². The van der Waals surface area contributed by atoms with E-state index in [4.69, 9.17) is 0 Å². The van der Waals surface area contributed by atoms with Crippen LogP contribution in [0.1, 0.15) is 33.3 Å². The van der Waals surface area contributed by atoms with E-state index >= 15 is 0 Å². The summed E-state index contributed by atoms with van der Waals surface area (Å²) in [5, 5.41) is 3.48. The second-order valence-corrected chi connectivity index (χ2v) is 6.10. The van der Waals surface area contributed by atoms with E-state index in [0.29, 0.717) is 6.04 Å². The number of nitrogens with one attached hydrogen (secondary N) is 1. The summed E-state index contributed by atoms with van der Waals surface area (Å²) in [5.74, 6) is 0. The maximum absolute atomic E-state index is 3.48. The largest absolute Gasteiger partial charge is 0.369 e. The Kier molecular flexibility index (Phi) is 3.43. The van der Waals surface area contributed by atoms with Crippen LogP contribution in [-0.2, 0) is 5.41 Å². The quantitative estimate of drug-likeness (QED) is 0.801. The third-order valence-corrected chi connectivity index (χ3v) is 3.47. The highest BCUT2D eigenvalue weighted by molar-refractivity contribution is 5.49. The molecule has 0 unspecified atom stereocenters. The maximum Gasteiger partial charge on any atom is 0.0367 e. The van der Waals surface area contributed by atoms with E-state index in [1.54, 1.807) is 0 Å². The van der Waals surface area contributed by atoms with Gasteiger partial charge in [0.25, 0.3) is 0 Å². The lowest BCUT2D eigenvalue weighted by Gasteiger charge is -2.34. The van der Waals surface area contributed by atoms with Gasteiger partial charge in [-0.15, -0.1) is 0 Å². The Labute approximate surface area is 105 Å². The molecule has 1 fully saturated rings. The minimum Gasteiger partial charge on any atom is -0.369 e. The molecular formula is C15H24N2. The molecule has 2 heteroatoms. The van der Waals surface area contributed by atoms with Crippen LogP contribution in [-0.4, -0.2) is 25.7 Å². The average molecular weight is 232 g/mol. The fourth-order valence-electron chi connectivity index (χ4n) is 2.34. The van der Waals surface area contributed by atoms with Gasteiger partial charge < -0.3 is 10.2 Å². The highest BCUT2D eigenvalue weighted by atomic mass is 15.2. The molecule has 94 valence electrons. The average Bonchev–Trinajstić information content (AvgIpc) is 2.28. The van der Waals surface area contributed by atoms with Crippen LogP contribution in [0.5, 0.6) is 0 Å². The Bertz CT molecular complexity index is 362. The summed E-state index contributed by atoms with van der Waals surface area (Å²) in [6.07, 6.45) is 0. The van der Waals surface area contributed by atoms with Gasteiger partial charge in [0.1, 0.15) is 0 Å². The molecule has 0 aromatic heterocycles. The lowest BCUT2D eigenvalue weighted by molar-refractivity contribution is 0.484. The fraction of sp³-hybridized carbons (Fsp3) is 0.600. The molecule has 0 saturated carbocycles. The van der Waals surface area contributed by atoms with Crippen molar-refractivity contribution in [2.75, 3.05) is 24.5 Å². The van der Waals surface area contributed by atoms with Crippen molar-refractivity contribution in [1.82, 2.24) is 5.32 Å². The van der Waals surface area contributed by atoms with Crippen LogP contribution >= 0.6 is 0 Å². The normalized spacial score (nSPS) is 21.6. The third kappa shape index (κ3) is 3.01. The number of anilines is 1. The van der Waals surface area contributed by atoms with Crippen LogP contribution < -0.4 is 10.2 Å². The van der Waals surface area contributed by atoms with Crippen molar-refractivity contribution in [1.29, 1.82) is 0 Å². The number of nitrogens with zero attached hydrogens (tertiary/aromatic N) is 1. The highest BCUT2D eigenvalue weighted by Crippen LogP contribution is 2.25. The molecule has 17 heavy (non-hydrogen) atoms. The van der Waals surface area contributed by atoms with Gasteiger partial charge in [-0.05, 0) is 30.0 Å². The molecule has 1 saturated heterocycles. The number of rotatable bonds is 1. The summed E-state index contributed by atoms with van der Waals surface area (Å²) >= 11 is 0. The Morgan fingerprint density at radius 2 is 1.82 bits per heavy atom. The summed E-state index contributed by atoms with van der Waals surface area (Å²) < 4.78 is 0. The zero-order valence-corrected chi connectivity index (χ0v) is 11.5. The standard InChI is InChI=1S/C15H24N2/c1-12-11-17(10-9-16-12)14-7-5-13(6-8-14)15(2,3)4/h5-8,12,16H,9-11H2,1-4H3/t12-/m0/s1. The van der Waals surface area contributed by atoms with Gasteiger partial charge in [-0.3, -0.25) is 0 Å². The van der Waals surface area contributed by atoms with Gasteiger partial charge >= 0.3 is 0 Å². The summed E-state index contributed by atoms with van der Waals surface area (Å²) in [6, 6.07) is 9.65. The van der Waals surface area contributed by atoms with Gasteiger partial charge in [0.15, 0.2) is 0 Å². The number of hydrogen-bond acceptors (Lipinski definition) is 2. The second kappa shape index (κ2) is 4.69. The fourth-order valence-corrected chi connectivity index (χ4v) is 2.34. The van der Waals surface area contributed by atoms with Gasteiger partial charge in [-0.1, -0.05) is 32.9 Å². The Morgan fingerprint density at radius 3 is 2.35 bits per heavy atom. The minimum atomic E-state index is 0.245. The molecule has 1 aliphatic heterocycles. The molecule has 1 heterocycles. The van der Waals surface area contributed by atoms with Crippen molar-refractivity contribution in [3.05, 3.63) is 29.8 Å². The first kappa shape index (κ1) is 12.4. The maximum atomic E-state index is 3.48. The van der Waals surface area contributed by atoms with Gasteiger partial charge in [-0.25, -0.2) is 0 Å². The molecule has 1 aromatic carbocycles. The molecule has 1 aliphatic rings. The lowest BCUT2D eigenvalue weighted by atomic mass is 9.87. The van der Waals surface area contributed by atoms with Gasteiger partial charge in [0, 0.05) is 31.4 Å². The van der Waals surface area contributed by atoms with E-state index in [9.17, 15) is 0 Å². The van der Waals surface area contributed by atoms with Gasteiger partial charge in [0.2, 0.25) is 0 Å². The van der Waals surface area contributed by atoms with Crippen molar-refractivity contribution in [2.24, 2.45) is 0 Å². The first-order valence-electron chi connectivity index (χ1n) is 6.56. The van der Waals surface area contributed by atoms with Crippen LogP contribution in [0.4, 0.5) is 5.69 Å². The molecule has 0 aliphatic carbocycles. The first-order valence-corrected chi connectivity index (χ1v) is 6.56. The summed E-state index contributed by atoms with van der Waals surface area (Å²) in [6.45, 7) is 12.3. The van der Waals surface area contributed by atoms with Crippen molar-refractivity contribution in [2.45, 2.75) is 39.2 Å².